The van der Waals surface area contributed by atoms with E-state index < -0.39 is 10.9 Å². The first-order valence-corrected chi connectivity index (χ1v) is 9.81. The molecule has 7 nitrogen and oxygen atoms in total. The predicted molar refractivity (Wildman–Crippen MR) is 112 cm³/mol. The van der Waals surface area contributed by atoms with Crippen LogP contribution in [0.15, 0.2) is 38.3 Å². The van der Waals surface area contributed by atoms with Crippen LogP contribution in [-0.4, -0.2) is 5.91 Å². The van der Waals surface area contributed by atoms with E-state index in [1.54, 1.807) is 12.1 Å². The minimum absolute atomic E-state index is 0.142. The van der Waals surface area contributed by atoms with Gasteiger partial charge in [-0.25, -0.2) is 0 Å². The van der Waals surface area contributed by atoms with Crippen LogP contribution in [0.3, 0.4) is 0 Å². The molecule has 1 aliphatic rings. The third-order valence-corrected chi connectivity index (χ3v) is 5.43. The maximum atomic E-state index is 12.2. The van der Waals surface area contributed by atoms with Crippen LogP contribution >= 0.6 is 11.6 Å². The molecule has 8 heteroatoms. The number of carbonyl (C=O) groups excluding carboxylic acids is 1. The van der Waals surface area contributed by atoms with Crippen molar-refractivity contribution in [2.24, 2.45) is 0 Å². The van der Waals surface area contributed by atoms with Gasteiger partial charge in [0.15, 0.2) is 0 Å². The molecule has 150 valence electrons. The van der Waals surface area contributed by atoms with Gasteiger partial charge in [-0.1, -0.05) is 24.9 Å². The zero-order valence-electron chi connectivity index (χ0n) is 16.0. The molecule has 1 aliphatic heterocycles. The fraction of sp³-hybridized carbons (Fsp3) is 0.286. The highest BCUT2D eigenvalue weighted by atomic mass is 35.5. The second-order valence-electron chi connectivity index (χ2n) is 7.10. The fourth-order valence-electron chi connectivity index (χ4n) is 3.59. The topological polar surface area (TPSA) is 100 Å². The molecule has 3 N–H and O–H groups in total. The second kappa shape index (κ2) is 7.40. The first-order valence-electron chi connectivity index (χ1n) is 9.43. The molecule has 0 radical (unpaired) electrons. The molecule has 1 amide bonds. The Morgan fingerprint density at radius 1 is 1.14 bits per heavy atom. The first kappa shape index (κ1) is 19.3. The van der Waals surface area contributed by atoms with Gasteiger partial charge in [0.1, 0.15) is 22.9 Å². The van der Waals surface area contributed by atoms with Gasteiger partial charge >= 0.3 is 0 Å². The monoisotopic (exact) mass is 413 g/mol. The van der Waals surface area contributed by atoms with Crippen molar-refractivity contribution in [3.8, 4) is 0 Å². The van der Waals surface area contributed by atoms with E-state index in [4.69, 9.17) is 16.0 Å². The summed E-state index contributed by atoms with van der Waals surface area (Å²) in [5, 5.41) is 9.31. The van der Waals surface area contributed by atoms with E-state index in [1.807, 2.05) is 26.0 Å². The smallest absolute Gasteiger partial charge is 0.254 e. The molecule has 0 bridgehead atoms. The van der Waals surface area contributed by atoms with Gasteiger partial charge in [0.25, 0.3) is 16.8 Å². The van der Waals surface area contributed by atoms with Gasteiger partial charge in [0.2, 0.25) is 0 Å². The maximum absolute atomic E-state index is 12.2. The van der Waals surface area contributed by atoms with Crippen molar-refractivity contribution in [2.75, 3.05) is 10.6 Å². The number of furan rings is 1. The molecule has 0 saturated heterocycles. The molecular weight excluding hydrogens is 394 g/mol. The lowest BCUT2D eigenvalue weighted by atomic mass is 10.0. The van der Waals surface area contributed by atoms with Gasteiger partial charge in [-0.2, -0.15) is 0 Å². The van der Waals surface area contributed by atoms with Crippen molar-refractivity contribution >= 4 is 34.6 Å². The number of fused-ring (bicyclic) bond motifs is 1. The summed E-state index contributed by atoms with van der Waals surface area (Å²) in [4.78, 5) is 36.7. The normalized spacial score (nSPS) is 14.0. The van der Waals surface area contributed by atoms with Crippen LogP contribution in [0.25, 0.3) is 0 Å². The standard InChI is InChI=1S/C21H20ClN3O4/c1-3-4-13(15-8-5-10(2)29-15)24-17-18(20(27)19(17)26)25-14-7-6-12(22)11-9-23-21(28)16(11)14/h5-8,13,24-25H,3-4,9H2,1-2H3,(H,23,28)/t13-/m1/s1. The van der Waals surface area contributed by atoms with Gasteiger partial charge in [-0.05, 0) is 37.6 Å². The van der Waals surface area contributed by atoms with Crippen molar-refractivity contribution in [1.29, 1.82) is 0 Å². The summed E-state index contributed by atoms with van der Waals surface area (Å²) in [6.07, 6.45) is 1.59. The first-order chi connectivity index (χ1) is 13.9. The van der Waals surface area contributed by atoms with Crippen molar-refractivity contribution < 1.29 is 9.21 Å². The lowest BCUT2D eigenvalue weighted by molar-refractivity contribution is 0.0966. The number of hydrogen-bond donors (Lipinski definition) is 3. The summed E-state index contributed by atoms with van der Waals surface area (Å²) in [6, 6.07) is 6.77. The van der Waals surface area contributed by atoms with Crippen molar-refractivity contribution in [3.63, 3.8) is 0 Å². The average Bonchev–Trinajstić information content (AvgIpc) is 3.31. The number of aryl methyl sites for hydroxylation is 1. The number of rotatable bonds is 7. The lowest BCUT2D eigenvalue weighted by Crippen LogP contribution is -2.37. The van der Waals surface area contributed by atoms with Gasteiger partial charge in [0, 0.05) is 17.1 Å². The highest BCUT2D eigenvalue weighted by molar-refractivity contribution is 6.32. The Morgan fingerprint density at radius 2 is 1.90 bits per heavy atom. The van der Waals surface area contributed by atoms with Crippen LogP contribution < -0.4 is 26.8 Å². The molecule has 3 aromatic rings. The Kier molecular flexibility index (Phi) is 4.92. The molecule has 0 spiro atoms. The van der Waals surface area contributed by atoms with Crippen LogP contribution in [0.5, 0.6) is 0 Å². The second-order valence-corrected chi connectivity index (χ2v) is 7.51. The molecule has 2 aromatic carbocycles. The van der Waals surface area contributed by atoms with E-state index in [-0.39, 0.29) is 23.3 Å². The Balaban J connectivity index is 1.66. The largest absolute Gasteiger partial charge is 0.464 e. The van der Waals surface area contributed by atoms with Gasteiger partial charge in [-0.3, -0.25) is 14.4 Å². The average molecular weight is 414 g/mol. The Bertz CT molecular complexity index is 1170. The minimum Gasteiger partial charge on any atom is -0.464 e. The summed E-state index contributed by atoms with van der Waals surface area (Å²) >= 11 is 6.17. The highest BCUT2D eigenvalue weighted by Gasteiger charge is 2.29. The van der Waals surface area contributed by atoms with Crippen LogP contribution in [0.1, 0.15) is 53.2 Å². The minimum atomic E-state index is -0.625. The summed E-state index contributed by atoms with van der Waals surface area (Å²) in [5.74, 6) is 1.21. The Hall–Kier alpha value is -3.06. The molecule has 0 aliphatic carbocycles. The van der Waals surface area contributed by atoms with E-state index in [0.717, 1.165) is 18.6 Å². The zero-order chi connectivity index (χ0) is 20.7. The number of nitrogens with one attached hydrogen (secondary N) is 3. The highest BCUT2D eigenvalue weighted by Crippen LogP contribution is 2.34. The van der Waals surface area contributed by atoms with Gasteiger partial charge < -0.3 is 20.4 Å². The molecule has 1 aromatic heterocycles. The third-order valence-electron chi connectivity index (χ3n) is 5.08. The molecule has 1 atom stereocenters. The number of hydrogen-bond acceptors (Lipinski definition) is 6. The quantitative estimate of drug-likeness (QED) is 0.510. The van der Waals surface area contributed by atoms with Crippen molar-refractivity contribution in [3.05, 3.63) is 72.4 Å². The van der Waals surface area contributed by atoms with Crippen LogP contribution in [0.2, 0.25) is 5.02 Å². The van der Waals surface area contributed by atoms with E-state index >= 15 is 0 Å². The maximum Gasteiger partial charge on any atom is 0.254 e. The molecular formula is C21H20ClN3O4. The molecule has 0 fully saturated rings. The summed E-state index contributed by atoms with van der Waals surface area (Å²) < 4.78 is 5.70. The number of benzene rings is 1. The number of anilines is 3. The van der Waals surface area contributed by atoms with Gasteiger partial charge in [-0.15, -0.1) is 0 Å². The molecule has 0 saturated carbocycles. The van der Waals surface area contributed by atoms with Crippen molar-refractivity contribution in [2.45, 2.75) is 39.3 Å². The fourth-order valence-corrected chi connectivity index (χ4v) is 3.81. The van der Waals surface area contributed by atoms with Crippen LogP contribution in [-0.2, 0) is 6.54 Å². The van der Waals surface area contributed by atoms with Crippen LogP contribution in [0.4, 0.5) is 17.1 Å². The SMILES string of the molecule is CCC[C@@H](Nc1c(Nc2ccc(Cl)c3c2C(=O)NC3)c(=O)c1=O)c1ccc(C)o1. The zero-order valence-corrected chi connectivity index (χ0v) is 16.8. The summed E-state index contributed by atoms with van der Waals surface area (Å²) in [7, 11) is 0. The molecule has 0 unspecified atom stereocenters. The summed E-state index contributed by atoms with van der Waals surface area (Å²) in [6.45, 7) is 4.21. The van der Waals surface area contributed by atoms with E-state index in [9.17, 15) is 14.4 Å². The number of halogens is 1. The Labute approximate surface area is 171 Å². The third kappa shape index (κ3) is 3.31. The van der Waals surface area contributed by atoms with E-state index in [0.29, 0.717) is 34.1 Å². The Morgan fingerprint density at radius 3 is 2.59 bits per heavy atom. The van der Waals surface area contributed by atoms with Gasteiger partial charge in [0.05, 0.1) is 17.3 Å². The molecule has 2 heterocycles. The van der Waals surface area contributed by atoms with Crippen molar-refractivity contribution in [1.82, 2.24) is 5.32 Å². The summed E-state index contributed by atoms with van der Waals surface area (Å²) in [5.41, 5.74) is 0.629. The predicted octanol–water partition coefficient (Wildman–Crippen LogP) is 3.78. The van der Waals surface area contributed by atoms with E-state index in [1.165, 1.54) is 0 Å². The van der Waals surface area contributed by atoms with Crippen LogP contribution in [0, 0.1) is 6.92 Å². The molecule has 29 heavy (non-hydrogen) atoms. The lowest BCUT2D eigenvalue weighted by Gasteiger charge is -2.21. The number of carbonyl (C=O) groups is 1. The molecule has 4 rings (SSSR count). The van der Waals surface area contributed by atoms with E-state index in [2.05, 4.69) is 16.0 Å². The number of amides is 1.